The molecule has 28 heavy (non-hydrogen) atoms. The molecular formula is C23H15F2N3. The van der Waals surface area contributed by atoms with Gasteiger partial charge < -0.3 is 4.57 Å². The molecule has 0 aliphatic carbocycles. The number of hydrogen-bond donors (Lipinski definition) is 0. The van der Waals surface area contributed by atoms with Gasteiger partial charge in [0.15, 0.2) is 0 Å². The van der Waals surface area contributed by atoms with E-state index in [1.807, 2.05) is 41.1 Å². The maximum atomic E-state index is 14.2. The molecule has 0 amide bonds. The second kappa shape index (κ2) is 6.53. The lowest BCUT2D eigenvalue weighted by atomic mass is 10.0. The fraction of sp³-hybridized carbons (Fsp3) is 0.0435. The first-order valence-corrected chi connectivity index (χ1v) is 8.94. The molecule has 2 heterocycles. The molecule has 0 unspecified atom stereocenters. The Hall–Kier alpha value is -3.60. The summed E-state index contributed by atoms with van der Waals surface area (Å²) in [6, 6.07) is 20.9. The molecule has 0 N–H and O–H groups in total. The standard InChI is InChI=1S/C23H15F2N3/c24-17-10-11-21-18(12-17)23-19(22(26-27-23)15-6-2-1-3-7-15)14-28(21)13-16-8-4-5-9-20(16)25/h1-12,14H,13H2. The van der Waals surface area contributed by atoms with Gasteiger partial charge in [0.25, 0.3) is 0 Å². The topological polar surface area (TPSA) is 30.7 Å². The Bertz CT molecular complexity index is 1260. The monoisotopic (exact) mass is 371 g/mol. The van der Waals surface area contributed by atoms with Crippen LogP contribution in [-0.4, -0.2) is 14.8 Å². The molecule has 0 saturated carbocycles. The summed E-state index contributed by atoms with van der Waals surface area (Å²) in [6.07, 6.45) is 1.92. The number of hydrogen-bond acceptors (Lipinski definition) is 2. The molecule has 2 aliphatic rings. The van der Waals surface area contributed by atoms with Gasteiger partial charge in [0.2, 0.25) is 0 Å². The van der Waals surface area contributed by atoms with Gasteiger partial charge in [-0.25, -0.2) is 8.78 Å². The van der Waals surface area contributed by atoms with Crippen LogP contribution < -0.4 is 0 Å². The predicted octanol–water partition coefficient (Wildman–Crippen LogP) is 5.53. The van der Waals surface area contributed by atoms with Gasteiger partial charge in [-0.05, 0) is 24.3 Å². The van der Waals surface area contributed by atoms with Gasteiger partial charge in [0, 0.05) is 28.3 Å². The summed E-state index contributed by atoms with van der Waals surface area (Å²) >= 11 is 0. The minimum Gasteiger partial charge on any atom is -0.342 e. The number of halogens is 2. The third-order valence-corrected chi connectivity index (χ3v) is 4.91. The molecule has 5 rings (SSSR count). The largest absolute Gasteiger partial charge is 0.342 e. The van der Waals surface area contributed by atoms with Crippen LogP contribution in [0.25, 0.3) is 33.4 Å². The van der Waals surface area contributed by atoms with Crippen molar-refractivity contribution in [2.75, 3.05) is 0 Å². The first-order chi connectivity index (χ1) is 13.7. The van der Waals surface area contributed by atoms with Crippen molar-refractivity contribution < 1.29 is 8.78 Å². The summed E-state index contributed by atoms with van der Waals surface area (Å²) in [7, 11) is 0. The van der Waals surface area contributed by atoms with E-state index < -0.39 is 0 Å². The lowest BCUT2D eigenvalue weighted by Crippen LogP contribution is -2.05. The second-order valence-electron chi connectivity index (χ2n) is 6.69. The van der Waals surface area contributed by atoms with Crippen molar-refractivity contribution in [2.24, 2.45) is 0 Å². The molecule has 2 aliphatic heterocycles. The number of nitrogens with zero attached hydrogens (tertiary/aromatic N) is 3. The number of aromatic nitrogens is 3. The molecule has 0 bridgehead atoms. The second-order valence-corrected chi connectivity index (χ2v) is 6.69. The summed E-state index contributed by atoms with van der Waals surface area (Å²) in [5.41, 5.74) is 4.43. The zero-order chi connectivity index (χ0) is 19.1. The van der Waals surface area contributed by atoms with Crippen LogP contribution in [0.4, 0.5) is 8.78 Å². The van der Waals surface area contributed by atoms with Gasteiger partial charge in [-0.15, -0.1) is 10.2 Å². The molecule has 5 heteroatoms. The number of fused-ring (bicyclic) bond motifs is 3. The maximum Gasteiger partial charge on any atom is 0.128 e. The van der Waals surface area contributed by atoms with Crippen LogP contribution >= 0.6 is 0 Å². The van der Waals surface area contributed by atoms with Gasteiger partial charge >= 0.3 is 0 Å². The number of rotatable bonds is 3. The van der Waals surface area contributed by atoms with E-state index in [1.54, 1.807) is 24.3 Å². The first-order valence-electron chi connectivity index (χ1n) is 8.94. The number of pyridine rings is 1. The minimum absolute atomic E-state index is 0.271. The Morgan fingerprint density at radius 3 is 2.36 bits per heavy atom. The molecule has 0 saturated heterocycles. The average Bonchev–Trinajstić information content (AvgIpc) is 3.14. The predicted molar refractivity (Wildman–Crippen MR) is 105 cm³/mol. The SMILES string of the molecule is Fc1ccc2c(c1)c1nnc(-c3ccccc3)c-1cn2Cc1ccccc1F. The molecule has 0 fully saturated rings. The molecule has 136 valence electrons. The summed E-state index contributed by atoms with van der Waals surface area (Å²) in [5, 5.41) is 9.33. The van der Waals surface area contributed by atoms with Crippen molar-refractivity contribution in [3.63, 3.8) is 0 Å². The molecule has 0 radical (unpaired) electrons. The molecule has 0 atom stereocenters. The van der Waals surface area contributed by atoms with E-state index >= 15 is 0 Å². The van der Waals surface area contributed by atoms with Crippen LogP contribution in [0.1, 0.15) is 5.56 Å². The van der Waals surface area contributed by atoms with E-state index in [9.17, 15) is 8.78 Å². The summed E-state index contributed by atoms with van der Waals surface area (Å²) in [5.74, 6) is -0.617. The van der Waals surface area contributed by atoms with Crippen LogP contribution in [0.15, 0.2) is 79.0 Å². The van der Waals surface area contributed by atoms with Gasteiger partial charge in [-0.3, -0.25) is 0 Å². The van der Waals surface area contributed by atoms with Crippen molar-refractivity contribution >= 4 is 10.9 Å². The Kier molecular flexibility index (Phi) is 3.86. The van der Waals surface area contributed by atoms with Crippen LogP contribution in [0, 0.1) is 11.6 Å². The number of benzene rings is 3. The molecule has 3 nitrogen and oxygen atoms in total. The smallest absolute Gasteiger partial charge is 0.128 e. The van der Waals surface area contributed by atoms with Crippen LogP contribution in [0.5, 0.6) is 0 Å². The highest BCUT2D eigenvalue weighted by atomic mass is 19.1. The van der Waals surface area contributed by atoms with E-state index in [4.69, 9.17) is 0 Å². The molecule has 3 aromatic rings. The quantitative estimate of drug-likeness (QED) is 0.417. The fourth-order valence-corrected chi connectivity index (χ4v) is 3.57. The lowest BCUT2D eigenvalue weighted by molar-refractivity contribution is 0.601. The van der Waals surface area contributed by atoms with E-state index in [0.29, 0.717) is 23.2 Å². The van der Waals surface area contributed by atoms with Crippen molar-refractivity contribution in [3.8, 4) is 22.5 Å². The van der Waals surface area contributed by atoms with Crippen LogP contribution in [-0.2, 0) is 6.54 Å². The van der Waals surface area contributed by atoms with Gasteiger partial charge in [0.05, 0.1) is 12.1 Å². The average molecular weight is 371 g/mol. The Labute approximate surface area is 160 Å². The van der Waals surface area contributed by atoms with Crippen molar-refractivity contribution in [1.82, 2.24) is 14.8 Å². The molecule has 3 aromatic carbocycles. The zero-order valence-electron chi connectivity index (χ0n) is 14.8. The van der Waals surface area contributed by atoms with E-state index in [-0.39, 0.29) is 11.6 Å². The van der Waals surface area contributed by atoms with Gasteiger partial charge in [-0.1, -0.05) is 48.5 Å². The third-order valence-electron chi connectivity index (χ3n) is 4.91. The summed E-state index contributed by atoms with van der Waals surface area (Å²) in [4.78, 5) is 0. The van der Waals surface area contributed by atoms with Gasteiger partial charge in [0.1, 0.15) is 23.0 Å². The first kappa shape index (κ1) is 16.6. The van der Waals surface area contributed by atoms with E-state index in [2.05, 4.69) is 10.2 Å². The Morgan fingerprint density at radius 2 is 1.54 bits per heavy atom. The third kappa shape index (κ3) is 2.72. The lowest BCUT2D eigenvalue weighted by Gasteiger charge is -2.15. The van der Waals surface area contributed by atoms with Crippen molar-refractivity contribution in [2.45, 2.75) is 6.54 Å². The fourth-order valence-electron chi connectivity index (χ4n) is 3.57. The van der Waals surface area contributed by atoms with Crippen molar-refractivity contribution in [1.29, 1.82) is 0 Å². The summed E-state index contributed by atoms with van der Waals surface area (Å²) in [6.45, 7) is 0.324. The van der Waals surface area contributed by atoms with E-state index in [0.717, 1.165) is 22.3 Å². The minimum atomic E-state index is -0.346. The van der Waals surface area contributed by atoms with Crippen molar-refractivity contribution in [3.05, 3.63) is 96.2 Å². The zero-order valence-corrected chi connectivity index (χ0v) is 14.8. The molecular weight excluding hydrogens is 356 g/mol. The normalized spacial score (nSPS) is 11.4. The molecule has 0 spiro atoms. The van der Waals surface area contributed by atoms with Crippen LogP contribution in [0.3, 0.4) is 0 Å². The highest BCUT2D eigenvalue weighted by Gasteiger charge is 2.20. The van der Waals surface area contributed by atoms with Gasteiger partial charge in [-0.2, -0.15) is 0 Å². The van der Waals surface area contributed by atoms with Crippen LogP contribution in [0.2, 0.25) is 0 Å². The highest BCUT2D eigenvalue weighted by Crippen LogP contribution is 2.36. The van der Waals surface area contributed by atoms with E-state index in [1.165, 1.54) is 18.2 Å². The molecule has 0 aromatic heterocycles. The highest BCUT2D eigenvalue weighted by molar-refractivity contribution is 5.98. The Balaban J connectivity index is 1.77. The summed E-state index contributed by atoms with van der Waals surface area (Å²) < 4.78 is 30.2. The Morgan fingerprint density at radius 1 is 0.786 bits per heavy atom. The maximum absolute atomic E-state index is 14.2.